The molecule has 2 N–H and O–H groups in total. The van der Waals surface area contributed by atoms with E-state index in [4.69, 9.17) is 16.7 Å². The van der Waals surface area contributed by atoms with Crippen molar-refractivity contribution in [3.8, 4) is 0 Å². The van der Waals surface area contributed by atoms with Gasteiger partial charge in [0.15, 0.2) is 0 Å². The third-order valence-corrected chi connectivity index (χ3v) is 2.33. The highest BCUT2D eigenvalue weighted by atomic mass is 35.5. The second kappa shape index (κ2) is 2.92. The molecule has 0 unspecified atom stereocenters. The lowest BCUT2D eigenvalue weighted by Gasteiger charge is -2.04. The summed E-state index contributed by atoms with van der Waals surface area (Å²) in [7, 11) is 0. The Morgan fingerprint density at radius 3 is 3.00 bits per heavy atom. The Labute approximate surface area is 80.3 Å². The zero-order chi connectivity index (χ0) is 9.42. The number of nitrogens with one attached hydrogen (secondary N) is 1. The molecule has 1 heterocycles. The van der Waals surface area contributed by atoms with E-state index in [1.807, 2.05) is 6.07 Å². The van der Waals surface area contributed by atoms with Crippen LogP contribution in [-0.2, 0) is 6.42 Å². The van der Waals surface area contributed by atoms with Gasteiger partial charge in [-0.2, -0.15) is 0 Å². The summed E-state index contributed by atoms with van der Waals surface area (Å²) in [6.07, 6.45) is 0.843. The number of fused-ring (bicyclic) bond motifs is 1. The van der Waals surface area contributed by atoms with E-state index in [2.05, 4.69) is 5.32 Å². The van der Waals surface area contributed by atoms with Gasteiger partial charge in [0, 0.05) is 11.6 Å². The molecule has 1 aliphatic heterocycles. The Hall–Kier alpha value is -1.22. The van der Waals surface area contributed by atoms with E-state index in [-0.39, 0.29) is 5.56 Å². The molecule has 0 atom stereocenters. The van der Waals surface area contributed by atoms with Gasteiger partial charge in [-0.3, -0.25) is 0 Å². The number of halogens is 1. The zero-order valence-electron chi connectivity index (χ0n) is 6.80. The van der Waals surface area contributed by atoms with Gasteiger partial charge in [-0.15, -0.1) is 0 Å². The fraction of sp³-hybridized carbons (Fsp3) is 0.222. The van der Waals surface area contributed by atoms with E-state index in [1.165, 1.54) is 6.07 Å². The van der Waals surface area contributed by atoms with Crippen LogP contribution >= 0.6 is 11.6 Å². The number of carbonyl (C=O) groups is 1. The molecule has 0 amide bonds. The minimum Gasteiger partial charge on any atom is -0.478 e. The third kappa shape index (κ3) is 1.35. The molecule has 1 aromatic rings. The predicted octanol–water partition coefficient (Wildman–Crippen LogP) is 2.01. The van der Waals surface area contributed by atoms with Crippen LogP contribution in [0.4, 0.5) is 5.69 Å². The van der Waals surface area contributed by atoms with Crippen molar-refractivity contribution in [1.29, 1.82) is 0 Å². The van der Waals surface area contributed by atoms with Crippen LogP contribution in [0.15, 0.2) is 12.1 Å². The maximum absolute atomic E-state index is 10.8. The van der Waals surface area contributed by atoms with E-state index in [1.54, 1.807) is 0 Å². The minimum atomic E-state index is -0.937. The van der Waals surface area contributed by atoms with Gasteiger partial charge in [0.1, 0.15) is 0 Å². The van der Waals surface area contributed by atoms with Crippen molar-refractivity contribution in [2.45, 2.75) is 6.42 Å². The van der Waals surface area contributed by atoms with Gasteiger partial charge in [0.05, 0.1) is 11.3 Å². The van der Waals surface area contributed by atoms with Gasteiger partial charge in [0.2, 0.25) is 0 Å². The van der Waals surface area contributed by atoms with Crippen molar-refractivity contribution in [3.63, 3.8) is 0 Å². The second-order valence-corrected chi connectivity index (χ2v) is 3.41. The molecule has 4 heteroatoms. The molecule has 1 aliphatic rings. The van der Waals surface area contributed by atoms with E-state index in [9.17, 15) is 4.79 Å². The second-order valence-electron chi connectivity index (χ2n) is 2.97. The topological polar surface area (TPSA) is 49.3 Å². The van der Waals surface area contributed by atoms with Gasteiger partial charge in [-0.1, -0.05) is 11.6 Å². The van der Waals surface area contributed by atoms with Crippen LogP contribution < -0.4 is 5.32 Å². The van der Waals surface area contributed by atoms with Crippen LogP contribution in [-0.4, -0.2) is 17.6 Å². The molecule has 0 bridgehead atoms. The minimum absolute atomic E-state index is 0.264. The SMILES string of the molecule is O=C(O)c1cc(Cl)cc2c1NCC2. The van der Waals surface area contributed by atoms with E-state index in [0.29, 0.717) is 5.02 Å². The molecule has 0 fully saturated rings. The first-order chi connectivity index (χ1) is 6.18. The standard InChI is InChI=1S/C9H8ClNO2/c10-6-3-5-1-2-11-8(5)7(4-6)9(12)13/h3-4,11H,1-2H2,(H,12,13). The molecule has 1 aromatic carbocycles. The summed E-state index contributed by atoms with van der Waals surface area (Å²) in [5.74, 6) is -0.937. The average molecular weight is 198 g/mol. The van der Waals surface area contributed by atoms with Crippen LogP contribution in [0.1, 0.15) is 15.9 Å². The number of anilines is 1. The van der Waals surface area contributed by atoms with Crippen LogP contribution in [0.5, 0.6) is 0 Å². The number of carboxylic acid groups (broad SMARTS) is 1. The van der Waals surface area contributed by atoms with Crippen molar-refractivity contribution in [2.24, 2.45) is 0 Å². The average Bonchev–Trinajstić information content (AvgIpc) is 2.49. The quantitative estimate of drug-likeness (QED) is 0.724. The van der Waals surface area contributed by atoms with Crippen molar-refractivity contribution in [2.75, 3.05) is 11.9 Å². The Balaban J connectivity index is 2.62. The number of benzene rings is 1. The summed E-state index contributed by atoms with van der Waals surface area (Å²) in [6, 6.07) is 3.28. The maximum Gasteiger partial charge on any atom is 0.337 e. The Kier molecular flexibility index (Phi) is 1.88. The summed E-state index contributed by atoms with van der Waals surface area (Å²) in [5, 5.41) is 12.4. The number of carboxylic acids is 1. The lowest BCUT2D eigenvalue weighted by molar-refractivity contribution is 0.0698. The van der Waals surface area contributed by atoms with Gasteiger partial charge in [-0.25, -0.2) is 4.79 Å². The largest absolute Gasteiger partial charge is 0.478 e. The summed E-state index contributed by atoms with van der Waals surface area (Å²) >= 11 is 5.78. The molecule has 0 aliphatic carbocycles. The Morgan fingerprint density at radius 2 is 2.31 bits per heavy atom. The predicted molar refractivity (Wildman–Crippen MR) is 50.6 cm³/mol. The van der Waals surface area contributed by atoms with Gasteiger partial charge in [0.25, 0.3) is 0 Å². The summed E-state index contributed by atoms with van der Waals surface area (Å²) in [5.41, 5.74) is 1.97. The first-order valence-corrected chi connectivity index (χ1v) is 4.36. The molecule has 68 valence electrons. The number of rotatable bonds is 1. The normalized spacial score (nSPS) is 13.6. The van der Waals surface area contributed by atoms with Crippen molar-refractivity contribution >= 4 is 23.3 Å². The summed E-state index contributed by atoms with van der Waals surface area (Å²) in [4.78, 5) is 10.8. The van der Waals surface area contributed by atoms with E-state index >= 15 is 0 Å². The molecule has 0 spiro atoms. The maximum atomic E-state index is 10.8. The zero-order valence-corrected chi connectivity index (χ0v) is 7.56. The van der Waals surface area contributed by atoms with Gasteiger partial charge < -0.3 is 10.4 Å². The monoisotopic (exact) mass is 197 g/mol. The van der Waals surface area contributed by atoms with Crippen molar-refractivity contribution in [1.82, 2.24) is 0 Å². The Morgan fingerprint density at radius 1 is 1.54 bits per heavy atom. The highest BCUT2D eigenvalue weighted by Gasteiger charge is 2.19. The molecule has 3 nitrogen and oxygen atoms in total. The molecule has 13 heavy (non-hydrogen) atoms. The first-order valence-electron chi connectivity index (χ1n) is 3.98. The van der Waals surface area contributed by atoms with Gasteiger partial charge in [-0.05, 0) is 24.1 Å². The molecule has 0 radical (unpaired) electrons. The van der Waals surface area contributed by atoms with Crippen LogP contribution in [0, 0.1) is 0 Å². The van der Waals surface area contributed by atoms with Crippen LogP contribution in [0.3, 0.4) is 0 Å². The fourth-order valence-electron chi connectivity index (χ4n) is 1.56. The highest BCUT2D eigenvalue weighted by molar-refractivity contribution is 6.31. The van der Waals surface area contributed by atoms with E-state index in [0.717, 1.165) is 24.2 Å². The third-order valence-electron chi connectivity index (χ3n) is 2.11. The lowest BCUT2D eigenvalue weighted by Crippen LogP contribution is -2.02. The first kappa shape index (κ1) is 8.38. The number of aromatic carboxylic acids is 1. The van der Waals surface area contributed by atoms with Crippen molar-refractivity contribution in [3.05, 3.63) is 28.3 Å². The van der Waals surface area contributed by atoms with E-state index < -0.39 is 5.97 Å². The Bertz CT molecular complexity index is 376. The van der Waals surface area contributed by atoms with Gasteiger partial charge >= 0.3 is 5.97 Å². The number of hydrogen-bond acceptors (Lipinski definition) is 2. The summed E-state index contributed by atoms with van der Waals surface area (Å²) < 4.78 is 0. The number of hydrogen-bond donors (Lipinski definition) is 2. The molecule has 0 aromatic heterocycles. The van der Waals surface area contributed by atoms with Crippen LogP contribution in [0.25, 0.3) is 0 Å². The lowest BCUT2D eigenvalue weighted by atomic mass is 10.1. The molecule has 2 rings (SSSR count). The molecule has 0 saturated carbocycles. The molecular formula is C9H8ClNO2. The molecule has 0 saturated heterocycles. The van der Waals surface area contributed by atoms with Crippen molar-refractivity contribution < 1.29 is 9.90 Å². The smallest absolute Gasteiger partial charge is 0.337 e. The highest BCUT2D eigenvalue weighted by Crippen LogP contribution is 2.29. The summed E-state index contributed by atoms with van der Waals surface area (Å²) in [6.45, 7) is 0.788. The molecular weight excluding hydrogens is 190 g/mol. The fourth-order valence-corrected chi connectivity index (χ4v) is 1.80. The van der Waals surface area contributed by atoms with Crippen LogP contribution in [0.2, 0.25) is 5.02 Å².